The molecule has 0 amide bonds. The molecule has 0 saturated heterocycles. The van der Waals surface area contributed by atoms with Crippen molar-refractivity contribution >= 4 is 0 Å². The largest absolute Gasteiger partial charge is 0.508 e. The number of phenols is 4. The van der Waals surface area contributed by atoms with Crippen molar-refractivity contribution in [1.82, 2.24) is 0 Å². The lowest BCUT2D eigenvalue weighted by Gasteiger charge is -2.47. The zero-order chi connectivity index (χ0) is 40.4. The van der Waals surface area contributed by atoms with E-state index in [9.17, 15) is 20.4 Å². The van der Waals surface area contributed by atoms with E-state index in [0.29, 0.717) is 0 Å². The Kier molecular flexibility index (Phi) is 11.1. The molecule has 53 heavy (non-hydrogen) atoms. The minimum absolute atomic E-state index is 0.281. The molecular formula is C49H68O4. The number of aromatic hydroxyl groups is 4. The van der Waals surface area contributed by atoms with Crippen molar-refractivity contribution in [3.63, 3.8) is 0 Å². The summed E-state index contributed by atoms with van der Waals surface area (Å²) in [5, 5.41) is 46.1. The van der Waals surface area contributed by atoms with Crippen molar-refractivity contribution in [2.75, 3.05) is 0 Å². The number of aryl methyl sites for hydroxylation is 4. The van der Waals surface area contributed by atoms with Gasteiger partial charge in [0.05, 0.1) is 0 Å². The maximum atomic E-state index is 11.5. The van der Waals surface area contributed by atoms with Gasteiger partial charge in [-0.25, -0.2) is 0 Å². The highest BCUT2D eigenvalue weighted by molar-refractivity contribution is 5.63. The maximum Gasteiger partial charge on any atom is 0.119 e. The number of benzene rings is 4. The second-order valence-electron chi connectivity index (χ2n) is 20.0. The Morgan fingerprint density at radius 2 is 0.660 bits per heavy atom. The lowest BCUT2D eigenvalue weighted by molar-refractivity contribution is 0.393. The van der Waals surface area contributed by atoms with Crippen molar-refractivity contribution in [1.29, 1.82) is 0 Å². The lowest BCUT2D eigenvalue weighted by Crippen LogP contribution is -2.39. The fourth-order valence-electron chi connectivity index (χ4n) is 8.75. The zero-order valence-electron chi connectivity index (χ0n) is 35.9. The third kappa shape index (κ3) is 7.84. The monoisotopic (exact) mass is 721 g/mol. The number of phenolic OH excluding ortho intramolecular Hbond substituents is 4. The normalized spacial score (nSPS) is 13.2. The van der Waals surface area contributed by atoms with Gasteiger partial charge in [-0.1, -0.05) is 121 Å². The number of rotatable bonds is 7. The topological polar surface area (TPSA) is 80.9 Å². The SMILES string of the molecule is CCCC(c1cc(C(C)(C)C)c(O)cc1C)(c1cc(C(C)(C)C)c(O)cc1C)C(c1cc(C(C)(C)C)c(O)cc1C)c1cc(C(C)(C)C)c(O)cc1C. The summed E-state index contributed by atoms with van der Waals surface area (Å²) in [5.74, 6) is 0.819. The first-order valence-corrected chi connectivity index (χ1v) is 19.4. The molecule has 288 valence electrons. The summed E-state index contributed by atoms with van der Waals surface area (Å²) in [7, 11) is 0. The highest BCUT2D eigenvalue weighted by atomic mass is 16.3. The van der Waals surface area contributed by atoms with E-state index in [0.717, 1.165) is 79.6 Å². The molecule has 0 unspecified atom stereocenters. The van der Waals surface area contributed by atoms with Gasteiger partial charge < -0.3 is 20.4 Å². The van der Waals surface area contributed by atoms with Gasteiger partial charge in [0.1, 0.15) is 23.0 Å². The van der Waals surface area contributed by atoms with Crippen LogP contribution < -0.4 is 0 Å². The molecule has 4 aromatic carbocycles. The van der Waals surface area contributed by atoms with Crippen LogP contribution in [0.1, 0.15) is 176 Å². The van der Waals surface area contributed by atoms with E-state index in [1.807, 2.05) is 24.3 Å². The smallest absolute Gasteiger partial charge is 0.119 e. The molecular weight excluding hydrogens is 653 g/mol. The first kappa shape index (κ1) is 41.8. The summed E-state index contributed by atoms with van der Waals surface area (Å²) in [6.07, 6.45) is 1.59. The second-order valence-corrected chi connectivity index (χ2v) is 20.0. The highest BCUT2D eigenvalue weighted by Crippen LogP contribution is 2.57. The Hall–Kier alpha value is -3.92. The molecule has 0 aliphatic heterocycles. The maximum absolute atomic E-state index is 11.5. The summed E-state index contributed by atoms with van der Waals surface area (Å²) in [6, 6.07) is 16.7. The van der Waals surface area contributed by atoms with Gasteiger partial charge in [-0.3, -0.25) is 0 Å². The van der Waals surface area contributed by atoms with Crippen molar-refractivity contribution in [3.05, 3.63) is 115 Å². The van der Waals surface area contributed by atoms with E-state index in [1.54, 1.807) is 0 Å². The van der Waals surface area contributed by atoms with Crippen LogP contribution >= 0.6 is 0 Å². The third-order valence-electron chi connectivity index (χ3n) is 11.4. The van der Waals surface area contributed by atoms with Crippen LogP contribution in [0.5, 0.6) is 23.0 Å². The van der Waals surface area contributed by atoms with E-state index in [-0.39, 0.29) is 50.6 Å². The van der Waals surface area contributed by atoms with Crippen LogP contribution in [0.15, 0.2) is 48.5 Å². The molecule has 4 nitrogen and oxygen atoms in total. The fourth-order valence-corrected chi connectivity index (χ4v) is 8.75. The van der Waals surface area contributed by atoms with Gasteiger partial charge in [-0.05, 0) is 147 Å². The van der Waals surface area contributed by atoms with Crippen LogP contribution in [0.4, 0.5) is 0 Å². The van der Waals surface area contributed by atoms with Gasteiger partial charge in [0.15, 0.2) is 0 Å². The van der Waals surface area contributed by atoms with Gasteiger partial charge in [0.2, 0.25) is 0 Å². The molecule has 0 spiro atoms. The van der Waals surface area contributed by atoms with Crippen molar-refractivity contribution in [3.8, 4) is 23.0 Å². The van der Waals surface area contributed by atoms with E-state index in [2.05, 4.69) is 142 Å². The van der Waals surface area contributed by atoms with Crippen molar-refractivity contribution in [2.24, 2.45) is 0 Å². The Morgan fingerprint density at radius 3 is 0.925 bits per heavy atom. The Labute approximate surface area is 321 Å². The van der Waals surface area contributed by atoms with Gasteiger partial charge in [0, 0.05) is 11.3 Å². The van der Waals surface area contributed by atoms with E-state index in [4.69, 9.17) is 0 Å². The standard InChI is InChI=1S/C49H68O4/c1-18-19-49(34-26-38(47(12,13)14)42(52)22-30(34)4,35-27-39(48(15,16)17)43(53)23-31(35)5)44(32-24-36(45(6,7)8)40(50)20-28(32)2)33-25-37(46(9,10)11)41(51)21-29(33)3/h20-27,44,50-53H,18-19H2,1-17H3. The van der Waals surface area contributed by atoms with Crippen LogP contribution in [0.3, 0.4) is 0 Å². The molecule has 0 atom stereocenters. The molecule has 0 saturated carbocycles. The minimum Gasteiger partial charge on any atom is -0.508 e. The average Bonchev–Trinajstić information content (AvgIpc) is 2.96. The van der Waals surface area contributed by atoms with Gasteiger partial charge in [0.25, 0.3) is 0 Å². The molecule has 0 radical (unpaired) electrons. The van der Waals surface area contributed by atoms with E-state index >= 15 is 0 Å². The molecule has 0 aliphatic carbocycles. The second kappa shape index (κ2) is 14.1. The summed E-state index contributed by atoms with van der Waals surface area (Å²) in [6.45, 7) is 36.3. The summed E-state index contributed by atoms with van der Waals surface area (Å²) in [4.78, 5) is 0. The van der Waals surface area contributed by atoms with Gasteiger partial charge in [-0.15, -0.1) is 0 Å². The molecule has 4 heteroatoms. The highest BCUT2D eigenvalue weighted by Gasteiger charge is 2.48. The summed E-state index contributed by atoms with van der Waals surface area (Å²) >= 11 is 0. The third-order valence-corrected chi connectivity index (χ3v) is 11.4. The van der Waals surface area contributed by atoms with Gasteiger partial charge >= 0.3 is 0 Å². The molecule has 4 N–H and O–H groups in total. The predicted octanol–water partition coefficient (Wildman–Crippen LogP) is 12.9. The first-order chi connectivity index (χ1) is 24.1. The Balaban J connectivity index is 2.48. The lowest BCUT2D eigenvalue weighted by atomic mass is 9.55. The first-order valence-electron chi connectivity index (χ1n) is 19.4. The quantitative estimate of drug-likeness (QED) is 0.153. The van der Waals surface area contributed by atoms with E-state index < -0.39 is 5.41 Å². The minimum atomic E-state index is -0.738. The van der Waals surface area contributed by atoms with Crippen LogP contribution in [-0.2, 0) is 27.1 Å². The molecule has 0 fully saturated rings. The fraction of sp³-hybridized carbons (Fsp3) is 0.510. The average molecular weight is 721 g/mol. The Morgan fingerprint density at radius 1 is 0.396 bits per heavy atom. The molecule has 4 aromatic rings. The zero-order valence-corrected chi connectivity index (χ0v) is 35.9. The predicted molar refractivity (Wildman–Crippen MR) is 224 cm³/mol. The Bertz CT molecular complexity index is 1860. The van der Waals surface area contributed by atoms with Crippen LogP contribution in [-0.4, -0.2) is 20.4 Å². The van der Waals surface area contributed by atoms with Gasteiger partial charge in [-0.2, -0.15) is 0 Å². The number of hydrogen-bond acceptors (Lipinski definition) is 4. The van der Waals surface area contributed by atoms with Crippen LogP contribution in [0, 0.1) is 27.7 Å². The molecule has 0 aliphatic rings. The molecule has 0 heterocycles. The summed E-state index contributed by atoms with van der Waals surface area (Å²) in [5.41, 5.74) is 9.75. The molecule has 4 rings (SSSR count). The van der Waals surface area contributed by atoms with Crippen LogP contribution in [0.2, 0.25) is 0 Å². The number of hydrogen-bond donors (Lipinski definition) is 4. The molecule has 0 bridgehead atoms. The van der Waals surface area contributed by atoms with Crippen molar-refractivity contribution < 1.29 is 20.4 Å². The molecule has 0 aromatic heterocycles. The summed E-state index contributed by atoms with van der Waals surface area (Å²) < 4.78 is 0. The van der Waals surface area contributed by atoms with E-state index in [1.165, 1.54) is 0 Å². The van der Waals surface area contributed by atoms with Crippen LogP contribution in [0.25, 0.3) is 0 Å². The van der Waals surface area contributed by atoms with Crippen molar-refractivity contribution in [2.45, 2.75) is 164 Å².